The number of primary amides is 1. The molecule has 2 atom stereocenters. The highest BCUT2D eigenvalue weighted by Gasteiger charge is 2.39. The Morgan fingerprint density at radius 3 is 2.55 bits per heavy atom. The number of anilines is 1. The zero-order valence-electron chi connectivity index (χ0n) is 11.0. The summed E-state index contributed by atoms with van der Waals surface area (Å²) >= 11 is 0. The summed E-state index contributed by atoms with van der Waals surface area (Å²) in [4.78, 5) is 35.9. The number of nitrogens with one attached hydrogen (secondary N) is 2. The second-order valence-corrected chi connectivity index (χ2v) is 4.58. The van der Waals surface area contributed by atoms with Gasteiger partial charge in [-0.3, -0.25) is 9.59 Å². The summed E-state index contributed by atoms with van der Waals surface area (Å²) in [5.41, 5.74) is 5.73. The molecule has 0 spiro atoms. The number of amides is 4. The van der Waals surface area contributed by atoms with Gasteiger partial charge in [0.25, 0.3) is 5.91 Å². The monoisotopic (exact) mass is 276 g/mol. The fraction of sp³-hybridized carbons (Fsp3) is 0.308. The predicted molar refractivity (Wildman–Crippen MR) is 72.9 cm³/mol. The molecule has 0 radical (unpaired) electrons. The van der Waals surface area contributed by atoms with Gasteiger partial charge in [-0.05, 0) is 19.1 Å². The van der Waals surface area contributed by atoms with Crippen molar-refractivity contribution < 1.29 is 14.4 Å². The summed E-state index contributed by atoms with van der Waals surface area (Å²) in [6.45, 7) is 1.91. The predicted octanol–water partition coefficient (Wildman–Crippen LogP) is -0.425. The van der Waals surface area contributed by atoms with Crippen LogP contribution in [0.5, 0.6) is 0 Å². The van der Waals surface area contributed by atoms with E-state index in [9.17, 15) is 14.4 Å². The van der Waals surface area contributed by atoms with Gasteiger partial charge in [0.05, 0.1) is 6.54 Å². The zero-order chi connectivity index (χ0) is 14.7. The van der Waals surface area contributed by atoms with Crippen LogP contribution in [0.3, 0.4) is 0 Å². The molecule has 0 aromatic heterocycles. The van der Waals surface area contributed by atoms with Crippen LogP contribution in [0.1, 0.15) is 6.92 Å². The lowest BCUT2D eigenvalue weighted by Crippen LogP contribution is -2.66. The van der Waals surface area contributed by atoms with Gasteiger partial charge in [-0.1, -0.05) is 18.2 Å². The molecule has 1 aromatic rings. The molecule has 1 fully saturated rings. The number of nitrogens with two attached hydrogens (primary N) is 1. The first-order chi connectivity index (χ1) is 9.49. The molecule has 0 unspecified atom stereocenters. The largest absolute Gasteiger partial charge is 0.352 e. The Kier molecular flexibility index (Phi) is 3.88. The van der Waals surface area contributed by atoms with Crippen LogP contribution in [-0.2, 0) is 9.59 Å². The van der Waals surface area contributed by atoms with E-state index >= 15 is 0 Å². The Bertz CT molecular complexity index is 532. The van der Waals surface area contributed by atoms with Crippen molar-refractivity contribution in [1.82, 2.24) is 10.6 Å². The van der Waals surface area contributed by atoms with Crippen LogP contribution in [0.4, 0.5) is 10.5 Å². The van der Waals surface area contributed by atoms with Gasteiger partial charge in [0.15, 0.2) is 0 Å². The molecule has 4 amide bonds. The van der Waals surface area contributed by atoms with Crippen LogP contribution in [-0.4, -0.2) is 36.5 Å². The molecule has 106 valence electrons. The Morgan fingerprint density at radius 1 is 1.35 bits per heavy atom. The Balaban J connectivity index is 1.87. The number of rotatable bonds is 4. The van der Waals surface area contributed by atoms with E-state index in [2.05, 4.69) is 10.6 Å². The molecule has 1 heterocycles. The van der Waals surface area contributed by atoms with Crippen molar-refractivity contribution in [2.45, 2.75) is 19.0 Å². The van der Waals surface area contributed by atoms with E-state index in [-0.39, 0.29) is 5.91 Å². The van der Waals surface area contributed by atoms with Crippen molar-refractivity contribution in [3.8, 4) is 0 Å². The molecule has 1 aliphatic heterocycles. The lowest BCUT2D eigenvalue weighted by atomic mass is 10.1. The maximum Gasteiger partial charge on any atom is 0.312 e. The van der Waals surface area contributed by atoms with Crippen LogP contribution < -0.4 is 21.3 Å². The lowest BCUT2D eigenvalue weighted by molar-refractivity contribution is -0.131. The zero-order valence-corrected chi connectivity index (χ0v) is 11.0. The Morgan fingerprint density at radius 2 is 2.00 bits per heavy atom. The molecule has 7 heteroatoms. The molecule has 2 rings (SSSR count). The Hall–Kier alpha value is -2.57. The fourth-order valence-electron chi connectivity index (χ4n) is 1.95. The molecule has 1 aromatic carbocycles. The highest BCUT2D eigenvalue weighted by molar-refractivity contribution is 6.06. The number of carbonyl (C=O) groups excluding carboxylic acids is 3. The minimum Gasteiger partial charge on any atom is -0.352 e. The van der Waals surface area contributed by atoms with Crippen molar-refractivity contribution in [2.24, 2.45) is 5.73 Å². The van der Waals surface area contributed by atoms with Crippen LogP contribution in [0.15, 0.2) is 30.3 Å². The van der Waals surface area contributed by atoms with E-state index in [1.54, 1.807) is 4.90 Å². The van der Waals surface area contributed by atoms with Gasteiger partial charge in [-0.25, -0.2) is 4.79 Å². The summed E-state index contributed by atoms with van der Waals surface area (Å²) < 4.78 is 0. The topological polar surface area (TPSA) is 105 Å². The smallest absolute Gasteiger partial charge is 0.312 e. The van der Waals surface area contributed by atoms with E-state index in [0.29, 0.717) is 6.54 Å². The third kappa shape index (κ3) is 2.87. The minimum atomic E-state index is -0.779. The molecular formula is C13H16N4O3. The average Bonchev–Trinajstić information content (AvgIpc) is 2.42. The third-order valence-corrected chi connectivity index (χ3v) is 3.07. The van der Waals surface area contributed by atoms with E-state index in [1.807, 2.05) is 30.3 Å². The quantitative estimate of drug-likeness (QED) is 0.650. The number of β-lactam (4-membered cyclic amide) rings is 1. The van der Waals surface area contributed by atoms with E-state index in [1.165, 1.54) is 6.92 Å². The van der Waals surface area contributed by atoms with Gasteiger partial charge in [-0.15, -0.1) is 0 Å². The molecule has 0 bridgehead atoms. The SMILES string of the molecule is C[C@H](NC(N)=O)C(=O)N[C@@H]1CN(c2ccccc2)C1=O. The number of benzene rings is 1. The normalized spacial score (nSPS) is 18.9. The maximum atomic E-state index is 11.9. The van der Waals surface area contributed by atoms with E-state index in [0.717, 1.165) is 5.69 Å². The first-order valence-electron chi connectivity index (χ1n) is 6.22. The number of hydrogen-bond acceptors (Lipinski definition) is 3. The molecule has 0 saturated carbocycles. The number of hydrogen-bond donors (Lipinski definition) is 3. The summed E-state index contributed by atoms with van der Waals surface area (Å²) in [5.74, 6) is -0.606. The van der Waals surface area contributed by atoms with Crippen LogP contribution in [0.2, 0.25) is 0 Å². The minimum absolute atomic E-state index is 0.171. The van der Waals surface area contributed by atoms with Crippen molar-refractivity contribution in [3.05, 3.63) is 30.3 Å². The standard InChI is InChI=1S/C13H16N4O3/c1-8(15-13(14)20)11(18)16-10-7-17(12(10)19)9-5-3-2-4-6-9/h2-6,8,10H,7H2,1H3,(H,16,18)(H3,14,15,20)/t8-,10+/m0/s1. The number of para-hydroxylation sites is 1. The van der Waals surface area contributed by atoms with Crippen molar-refractivity contribution in [3.63, 3.8) is 0 Å². The molecule has 0 aliphatic carbocycles. The number of nitrogens with zero attached hydrogens (tertiary/aromatic N) is 1. The average molecular weight is 276 g/mol. The van der Waals surface area contributed by atoms with Gasteiger partial charge in [-0.2, -0.15) is 0 Å². The van der Waals surface area contributed by atoms with E-state index in [4.69, 9.17) is 5.73 Å². The second kappa shape index (κ2) is 5.60. The summed E-state index contributed by atoms with van der Waals surface area (Å²) in [7, 11) is 0. The summed E-state index contributed by atoms with van der Waals surface area (Å²) in [6, 6.07) is 7.09. The van der Waals surface area contributed by atoms with Gasteiger partial charge in [0.1, 0.15) is 12.1 Å². The summed E-state index contributed by atoms with van der Waals surface area (Å²) in [5, 5.41) is 4.83. The molecule has 4 N–H and O–H groups in total. The van der Waals surface area contributed by atoms with Crippen molar-refractivity contribution in [2.75, 3.05) is 11.4 Å². The highest BCUT2D eigenvalue weighted by atomic mass is 16.2. The van der Waals surface area contributed by atoms with E-state index < -0.39 is 24.0 Å². The van der Waals surface area contributed by atoms with Gasteiger partial charge < -0.3 is 21.3 Å². The molecule has 1 saturated heterocycles. The molecule has 20 heavy (non-hydrogen) atoms. The van der Waals surface area contributed by atoms with Crippen molar-refractivity contribution in [1.29, 1.82) is 0 Å². The molecular weight excluding hydrogens is 260 g/mol. The highest BCUT2D eigenvalue weighted by Crippen LogP contribution is 2.21. The Labute approximate surface area is 116 Å². The van der Waals surface area contributed by atoms with Gasteiger partial charge >= 0.3 is 6.03 Å². The van der Waals surface area contributed by atoms with Crippen LogP contribution in [0, 0.1) is 0 Å². The molecule has 1 aliphatic rings. The lowest BCUT2D eigenvalue weighted by Gasteiger charge is -2.39. The van der Waals surface area contributed by atoms with Crippen molar-refractivity contribution >= 4 is 23.5 Å². The first kappa shape index (κ1) is 13.9. The maximum absolute atomic E-state index is 11.9. The first-order valence-corrected chi connectivity index (χ1v) is 6.22. The fourth-order valence-corrected chi connectivity index (χ4v) is 1.95. The summed E-state index contributed by atoms with van der Waals surface area (Å²) in [6.07, 6.45) is 0. The van der Waals surface area contributed by atoms with Crippen LogP contribution in [0.25, 0.3) is 0 Å². The van der Waals surface area contributed by atoms with Gasteiger partial charge in [0.2, 0.25) is 5.91 Å². The number of carbonyl (C=O) groups is 3. The number of urea groups is 1. The second-order valence-electron chi connectivity index (χ2n) is 4.58. The molecule has 7 nitrogen and oxygen atoms in total. The third-order valence-electron chi connectivity index (χ3n) is 3.07. The van der Waals surface area contributed by atoms with Gasteiger partial charge in [0, 0.05) is 5.69 Å². The van der Waals surface area contributed by atoms with Crippen LogP contribution >= 0.6 is 0 Å².